The first-order valence-corrected chi connectivity index (χ1v) is 8.02. The maximum atomic E-state index is 13.3. The third kappa shape index (κ3) is 3.44. The molecule has 3 rings (SSSR count). The Balaban J connectivity index is 1.82. The molecule has 0 aliphatic heterocycles. The monoisotopic (exact) mass is 328 g/mol. The van der Waals surface area contributed by atoms with E-state index >= 15 is 0 Å². The van der Waals surface area contributed by atoms with Crippen LogP contribution in [0.2, 0.25) is 0 Å². The van der Waals surface area contributed by atoms with Gasteiger partial charge in [-0.1, -0.05) is 6.92 Å². The first-order valence-electron chi connectivity index (χ1n) is 8.02. The van der Waals surface area contributed by atoms with E-state index < -0.39 is 0 Å². The van der Waals surface area contributed by atoms with Crippen molar-refractivity contribution in [3.8, 4) is 5.75 Å². The van der Waals surface area contributed by atoms with Gasteiger partial charge in [0.2, 0.25) is 0 Å². The molecule has 0 saturated carbocycles. The van der Waals surface area contributed by atoms with Crippen LogP contribution < -0.4 is 4.74 Å². The summed E-state index contributed by atoms with van der Waals surface area (Å²) in [5, 5.41) is 1.04. The minimum atomic E-state index is -0.236. The molecule has 0 atom stereocenters. The molecular weight excluding hydrogens is 307 g/mol. The molecule has 0 saturated heterocycles. The fourth-order valence-corrected chi connectivity index (χ4v) is 2.88. The zero-order valence-electron chi connectivity index (χ0n) is 14.2. The average Bonchev–Trinajstić information content (AvgIpc) is 2.97. The number of hydrogen-bond acceptors (Lipinski definition) is 3. The third-order valence-corrected chi connectivity index (χ3v) is 4.00. The van der Waals surface area contributed by atoms with Crippen LogP contribution in [-0.4, -0.2) is 7.11 Å². The second kappa shape index (κ2) is 7.05. The van der Waals surface area contributed by atoms with Crippen molar-refractivity contribution in [3.63, 3.8) is 0 Å². The summed E-state index contributed by atoms with van der Waals surface area (Å²) in [6, 6.07) is 10.7. The molecule has 2 aromatic carbocycles. The summed E-state index contributed by atoms with van der Waals surface area (Å²) in [6.07, 6.45) is 0.729. The number of halogens is 1. The number of rotatable bonds is 6. The van der Waals surface area contributed by atoms with Crippen LogP contribution >= 0.6 is 0 Å². The smallest absolute Gasteiger partial charge is 0.137 e. The molecule has 1 heterocycles. The summed E-state index contributed by atoms with van der Waals surface area (Å²) in [4.78, 5) is 0. The topological polar surface area (TPSA) is 31.6 Å². The van der Waals surface area contributed by atoms with E-state index in [4.69, 9.17) is 13.9 Å². The molecule has 3 aromatic rings. The molecule has 0 aliphatic carbocycles. The lowest BCUT2D eigenvalue weighted by molar-refractivity contribution is 0.166. The SMILES string of the molecule is CCc1cc(F)ccc1OCc1cc(C)c2oc(COC)cc2c1. The van der Waals surface area contributed by atoms with E-state index in [9.17, 15) is 4.39 Å². The van der Waals surface area contributed by atoms with E-state index in [0.717, 1.165) is 45.6 Å². The van der Waals surface area contributed by atoms with Gasteiger partial charge in [-0.25, -0.2) is 4.39 Å². The van der Waals surface area contributed by atoms with Gasteiger partial charge in [-0.15, -0.1) is 0 Å². The minimum Gasteiger partial charge on any atom is -0.489 e. The molecule has 0 aliphatic rings. The van der Waals surface area contributed by atoms with Crippen molar-refractivity contribution in [3.05, 3.63) is 64.7 Å². The van der Waals surface area contributed by atoms with Crippen molar-refractivity contribution in [1.82, 2.24) is 0 Å². The lowest BCUT2D eigenvalue weighted by Crippen LogP contribution is -1.99. The Morgan fingerprint density at radius 3 is 2.67 bits per heavy atom. The van der Waals surface area contributed by atoms with Gasteiger partial charge in [0.25, 0.3) is 0 Å². The van der Waals surface area contributed by atoms with E-state index in [1.165, 1.54) is 12.1 Å². The molecule has 0 spiro atoms. The maximum Gasteiger partial charge on any atom is 0.137 e. The lowest BCUT2D eigenvalue weighted by atomic mass is 10.1. The van der Waals surface area contributed by atoms with Crippen LogP contribution in [0.25, 0.3) is 11.0 Å². The minimum absolute atomic E-state index is 0.236. The van der Waals surface area contributed by atoms with Gasteiger partial charge in [-0.05, 0) is 66.4 Å². The molecule has 0 N–H and O–H groups in total. The first kappa shape index (κ1) is 16.5. The molecule has 0 fully saturated rings. The number of benzene rings is 2. The Morgan fingerprint density at radius 2 is 1.92 bits per heavy atom. The zero-order chi connectivity index (χ0) is 17.1. The molecule has 126 valence electrons. The highest BCUT2D eigenvalue weighted by molar-refractivity contribution is 5.81. The van der Waals surface area contributed by atoms with Crippen molar-refractivity contribution in [2.75, 3.05) is 7.11 Å². The largest absolute Gasteiger partial charge is 0.489 e. The summed E-state index contributed by atoms with van der Waals surface area (Å²) in [5.74, 6) is 1.30. The van der Waals surface area contributed by atoms with Crippen molar-refractivity contribution in [2.24, 2.45) is 0 Å². The molecule has 3 nitrogen and oxygen atoms in total. The third-order valence-electron chi connectivity index (χ3n) is 4.00. The summed E-state index contributed by atoms with van der Waals surface area (Å²) < 4.78 is 30.1. The van der Waals surface area contributed by atoms with Crippen molar-refractivity contribution in [1.29, 1.82) is 0 Å². The predicted molar refractivity (Wildman–Crippen MR) is 91.8 cm³/mol. The Morgan fingerprint density at radius 1 is 1.08 bits per heavy atom. The highest BCUT2D eigenvalue weighted by Gasteiger charge is 2.10. The maximum absolute atomic E-state index is 13.3. The number of fused-ring (bicyclic) bond motifs is 1. The number of methoxy groups -OCH3 is 1. The summed E-state index contributed by atoms with van der Waals surface area (Å²) >= 11 is 0. The Hall–Kier alpha value is -2.33. The molecule has 24 heavy (non-hydrogen) atoms. The lowest BCUT2D eigenvalue weighted by Gasteiger charge is -2.11. The second-order valence-corrected chi connectivity index (χ2v) is 5.87. The van der Waals surface area contributed by atoms with Crippen LogP contribution in [0.15, 0.2) is 40.8 Å². The Labute approximate surface area is 141 Å². The summed E-state index contributed by atoms with van der Waals surface area (Å²) in [5.41, 5.74) is 3.86. The average molecular weight is 328 g/mol. The van der Waals surface area contributed by atoms with Crippen LogP contribution in [0.3, 0.4) is 0 Å². The van der Waals surface area contributed by atoms with E-state index in [0.29, 0.717) is 13.2 Å². The molecular formula is C20H21FO3. The van der Waals surface area contributed by atoms with Gasteiger partial charge in [0.05, 0.1) is 0 Å². The van der Waals surface area contributed by atoms with Gasteiger partial charge in [0.15, 0.2) is 0 Å². The van der Waals surface area contributed by atoms with Crippen LogP contribution in [0, 0.1) is 12.7 Å². The molecule has 0 amide bonds. The highest BCUT2D eigenvalue weighted by Crippen LogP contribution is 2.27. The summed E-state index contributed by atoms with van der Waals surface area (Å²) in [7, 11) is 1.65. The molecule has 0 bridgehead atoms. The predicted octanol–water partition coefficient (Wildman–Crippen LogP) is 5.17. The van der Waals surface area contributed by atoms with Gasteiger partial charge in [0, 0.05) is 12.5 Å². The summed E-state index contributed by atoms with van der Waals surface area (Å²) in [6.45, 7) is 4.89. The number of ether oxygens (including phenoxy) is 2. The van der Waals surface area contributed by atoms with Gasteiger partial charge < -0.3 is 13.9 Å². The Kier molecular flexibility index (Phi) is 4.86. The fraction of sp³-hybridized carbons (Fsp3) is 0.300. The standard InChI is InChI=1S/C20H21FO3/c1-4-15-9-17(21)5-6-19(15)23-11-14-7-13(2)20-16(8-14)10-18(24-20)12-22-3/h5-10H,4,11-12H2,1-3H3. The quantitative estimate of drug-likeness (QED) is 0.626. The highest BCUT2D eigenvalue weighted by atomic mass is 19.1. The van der Waals surface area contributed by atoms with Crippen LogP contribution in [0.4, 0.5) is 4.39 Å². The van der Waals surface area contributed by atoms with Crippen molar-refractivity contribution in [2.45, 2.75) is 33.5 Å². The number of hydrogen-bond donors (Lipinski definition) is 0. The van der Waals surface area contributed by atoms with E-state index in [-0.39, 0.29) is 5.82 Å². The number of furan rings is 1. The Bertz CT molecular complexity index is 851. The molecule has 1 aromatic heterocycles. The van der Waals surface area contributed by atoms with E-state index in [1.807, 2.05) is 19.9 Å². The van der Waals surface area contributed by atoms with Gasteiger partial charge in [0.1, 0.15) is 36.1 Å². The van der Waals surface area contributed by atoms with Gasteiger partial charge in [-0.2, -0.15) is 0 Å². The molecule has 0 radical (unpaired) electrons. The number of aryl methyl sites for hydroxylation is 2. The van der Waals surface area contributed by atoms with Gasteiger partial charge in [-0.3, -0.25) is 0 Å². The van der Waals surface area contributed by atoms with Gasteiger partial charge >= 0.3 is 0 Å². The van der Waals surface area contributed by atoms with Crippen LogP contribution in [-0.2, 0) is 24.4 Å². The second-order valence-electron chi connectivity index (χ2n) is 5.87. The fourth-order valence-electron chi connectivity index (χ4n) is 2.88. The van der Waals surface area contributed by atoms with E-state index in [2.05, 4.69) is 12.1 Å². The molecule has 4 heteroatoms. The zero-order valence-corrected chi connectivity index (χ0v) is 14.2. The van der Waals surface area contributed by atoms with Crippen LogP contribution in [0.1, 0.15) is 29.4 Å². The van der Waals surface area contributed by atoms with E-state index in [1.54, 1.807) is 13.2 Å². The molecule has 0 unspecified atom stereocenters. The normalized spacial score (nSPS) is 11.2. The van der Waals surface area contributed by atoms with Crippen molar-refractivity contribution < 1.29 is 18.3 Å². The van der Waals surface area contributed by atoms with Crippen molar-refractivity contribution >= 4 is 11.0 Å². The first-order chi connectivity index (χ1) is 11.6. The van der Waals surface area contributed by atoms with Crippen LogP contribution in [0.5, 0.6) is 5.75 Å².